The number of urea groups is 1. The third-order valence-electron chi connectivity index (χ3n) is 3.22. The van der Waals surface area contributed by atoms with Gasteiger partial charge < -0.3 is 15.3 Å². The lowest BCUT2D eigenvalue weighted by Gasteiger charge is -2.32. The summed E-state index contributed by atoms with van der Waals surface area (Å²) in [6, 6.07) is 2.30. The molecule has 1 aliphatic rings. The molecule has 0 spiro atoms. The number of likely N-dealkylation sites (tertiary alicyclic amines) is 1. The van der Waals surface area contributed by atoms with Crippen LogP contribution in [-0.4, -0.2) is 34.6 Å². The van der Waals surface area contributed by atoms with Crippen molar-refractivity contribution < 1.29 is 19.1 Å². The van der Waals surface area contributed by atoms with Crippen LogP contribution in [0.1, 0.15) is 19.3 Å². The lowest BCUT2D eigenvalue weighted by Crippen LogP contribution is -2.49. The van der Waals surface area contributed by atoms with Crippen molar-refractivity contribution in [1.29, 1.82) is 0 Å². The van der Waals surface area contributed by atoms with Crippen LogP contribution in [0.5, 0.6) is 0 Å². The lowest BCUT2D eigenvalue weighted by atomic mass is 10.0. The first-order valence-electron chi connectivity index (χ1n) is 6.24. The Balaban J connectivity index is 2.14. The number of rotatable bonds is 2. The number of carbonyl (C=O) groups excluding carboxylic acids is 1. The van der Waals surface area contributed by atoms with Crippen molar-refractivity contribution in [2.24, 2.45) is 0 Å². The molecule has 20 heavy (non-hydrogen) atoms. The Morgan fingerprint density at radius 2 is 2.15 bits per heavy atom. The Bertz CT molecular complexity index is 538. The van der Waals surface area contributed by atoms with Crippen LogP contribution in [0.3, 0.4) is 0 Å². The molecule has 1 heterocycles. The van der Waals surface area contributed by atoms with Crippen molar-refractivity contribution in [1.82, 2.24) is 4.90 Å². The Morgan fingerprint density at radius 3 is 2.85 bits per heavy atom. The highest BCUT2D eigenvalue weighted by Gasteiger charge is 2.32. The van der Waals surface area contributed by atoms with Gasteiger partial charge in [-0.15, -0.1) is 0 Å². The van der Waals surface area contributed by atoms with Crippen molar-refractivity contribution in [3.63, 3.8) is 0 Å². The molecule has 1 aliphatic heterocycles. The average molecular weight is 301 g/mol. The SMILES string of the molecule is O=C(O)C1CCCCN1C(=O)Nc1cc(Cl)ccc1F. The number of nitrogens with one attached hydrogen (secondary N) is 1. The van der Waals surface area contributed by atoms with Gasteiger partial charge in [-0.1, -0.05) is 11.6 Å². The predicted octanol–water partition coefficient (Wildman–Crippen LogP) is 2.95. The molecule has 0 saturated carbocycles. The smallest absolute Gasteiger partial charge is 0.326 e. The number of benzene rings is 1. The molecule has 2 amide bonds. The van der Waals surface area contributed by atoms with E-state index in [1.165, 1.54) is 17.0 Å². The molecule has 1 aromatic carbocycles. The predicted molar refractivity (Wildman–Crippen MR) is 72.4 cm³/mol. The van der Waals surface area contributed by atoms with Crippen LogP contribution in [0, 0.1) is 5.82 Å². The number of hydrogen-bond donors (Lipinski definition) is 2. The number of carbonyl (C=O) groups is 2. The normalized spacial score (nSPS) is 18.7. The number of piperidine rings is 1. The van der Waals surface area contributed by atoms with Gasteiger partial charge in [-0.25, -0.2) is 14.0 Å². The van der Waals surface area contributed by atoms with Gasteiger partial charge in [0.1, 0.15) is 11.9 Å². The van der Waals surface area contributed by atoms with E-state index in [1.807, 2.05) is 0 Å². The van der Waals surface area contributed by atoms with Gasteiger partial charge in [-0.2, -0.15) is 0 Å². The second-order valence-electron chi connectivity index (χ2n) is 4.60. The highest BCUT2D eigenvalue weighted by atomic mass is 35.5. The van der Waals surface area contributed by atoms with Crippen LogP contribution in [0.25, 0.3) is 0 Å². The van der Waals surface area contributed by atoms with Crippen LogP contribution >= 0.6 is 11.6 Å². The minimum Gasteiger partial charge on any atom is -0.480 e. The van der Waals surface area contributed by atoms with Gasteiger partial charge in [-0.3, -0.25) is 0 Å². The van der Waals surface area contributed by atoms with Crippen molar-refractivity contribution in [3.8, 4) is 0 Å². The van der Waals surface area contributed by atoms with Gasteiger partial charge in [0, 0.05) is 11.6 Å². The number of nitrogens with zero attached hydrogens (tertiary/aromatic N) is 1. The number of anilines is 1. The molecule has 0 aliphatic carbocycles. The summed E-state index contributed by atoms with van der Waals surface area (Å²) in [5.74, 6) is -1.67. The number of hydrogen-bond acceptors (Lipinski definition) is 2. The zero-order valence-electron chi connectivity index (χ0n) is 10.6. The fraction of sp³-hybridized carbons (Fsp3) is 0.385. The third kappa shape index (κ3) is 3.19. The van der Waals surface area contributed by atoms with E-state index < -0.39 is 23.9 Å². The lowest BCUT2D eigenvalue weighted by molar-refractivity contribution is -0.143. The van der Waals surface area contributed by atoms with Crippen LogP contribution in [0.2, 0.25) is 5.02 Å². The van der Waals surface area contributed by atoms with E-state index in [4.69, 9.17) is 16.7 Å². The Hall–Kier alpha value is -1.82. The average Bonchev–Trinajstić information content (AvgIpc) is 2.42. The zero-order valence-corrected chi connectivity index (χ0v) is 11.4. The summed E-state index contributed by atoms with van der Waals surface area (Å²) < 4.78 is 13.5. The molecule has 1 unspecified atom stereocenters. The number of amides is 2. The minimum atomic E-state index is -1.05. The van der Waals surface area contributed by atoms with Gasteiger partial charge in [0.15, 0.2) is 0 Å². The van der Waals surface area contributed by atoms with E-state index in [0.717, 1.165) is 18.9 Å². The largest absolute Gasteiger partial charge is 0.480 e. The minimum absolute atomic E-state index is 0.0581. The number of aliphatic carboxylic acids is 1. The zero-order chi connectivity index (χ0) is 14.7. The molecule has 1 aromatic rings. The first-order valence-corrected chi connectivity index (χ1v) is 6.62. The van der Waals surface area contributed by atoms with E-state index in [9.17, 15) is 14.0 Å². The second-order valence-corrected chi connectivity index (χ2v) is 5.03. The van der Waals surface area contributed by atoms with Gasteiger partial charge in [0.05, 0.1) is 5.69 Å². The summed E-state index contributed by atoms with van der Waals surface area (Å²) in [6.45, 7) is 0.338. The first kappa shape index (κ1) is 14.6. The van der Waals surface area contributed by atoms with E-state index in [0.29, 0.717) is 13.0 Å². The fourth-order valence-corrected chi connectivity index (χ4v) is 2.38. The summed E-state index contributed by atoms with van der Waals surface area (Å²) in [7, 11) is 0. The summed E-state index contributed by atoms with van der Waals surface area (Å²) in [6.07, 6.45) is 1.89. The summed E-state index contributed by atoms with van der Waals surface area (Å²) in [5.41, 5.74) is -0.0581. The standard InChI is InChI=1S/C13H14ClFN2O3/c14-8-4-5-9(15)10(7-8)16-13(20)17-6-2-1-3-11(17)12(18)19/h4-5,7,11H,1-3,6H2,(H,16,20)(H,18,19). The first-order chi connectivity index (χ1) is 9.49. The molecule has 1 fully saturated rings. The van der Waals surface area contributed by atoms with Crippen molar-refractivity contribution in [2.75, 3.05) is 11.9 Å². The molecule has 1 atom stereocenters. The Kier molecular flexibility index (Phi) is 4.44. The van der Waals surface area contributed by atoms with Crippen LogP contribution in [0.4, 0.5) is 14.9 Å². The van der Waals surface area contributed by atoms with Gasteiger partial charge in [-0.05, 0) is 37.5 Å². The van der Waals surface area contributed by atoms with E-state index >= 15 is 0 Å². The molecule has 2 rings (SSSR count). The van der Waals surface area contributed by atoms with E-state index in [2.05, 4.69) is 5.32 Å². The highest BCUT2D eigenvalue weighted by molar-refractivity contribution is 6.30. The highest BCUT2D eigenvalue weighted by Crippen LogP contribution is 2.22. The van der Waals surface area contributed by atoms with Crippen LogP contribution in [0.15, 0.2) is 18.2 Å². The molecule has 7 heteroatoms. The molecule has 108 valence electrons. The molecule has 1 saturated heterocycles. The molecule has 0 radical (unpaired) electrons. The second kappa shape index (κ2) is 6.09. The molecule has 2 N–H and O–H groups in total. The maximum atomic E-state index is 13.5. The fourth-order valence-electron chi connectivity index (χ4n) is 2.21. The van der Waals surface area contributed by atoms with Gasteiger partial charge >= 0.3 is 12.0 Å². The van der Waals surface area contributed by atoms with Crippen LogP contribution in [-0.2, 0) is 4.79 Å². The maximum absolute atomic E-state index is 13.5. The number of carboxylic acid groups (broad SMARTS) is 1. The Labute approximate surface area is 120 Å². The summed E-state index contributed by atoms with van der Waals surface area (Å²) in [4.78, 5) is 24.4. The summed E-state index contributed by atoms with van der Waals surface area (Å²) in [5, 5.41) is 11.8. The quantitative estimate of drug-likeness (QED) is 0.882. The topological polar surface area (TPSA) is 69.6 Å². The summed E-state index contributed by atoms with van der Waals surface area (Å²) >= 11 is 5.74. The van der Waals surface area contributed by atoms with Gasteiger partial charge in [0.25, 0.3) is 0 Å². The van der Waals surface area contributed by atoms with Crippen molar-refractivity contribution in [3.05, 3.63) is 29.0 Å². The van der Waals surface area contributed by atoms with Gasteiger partial charge in [0.2, 0.25) is 0 Å². The maximum Gasteiger partial charge on any atom is 0.326 e. The van der Waals surface area contributed by atoms with E-state index in [-0.39, 0.29) is 10.7 Å². The van der Waals surface area contributed by atoms with Crippen molar-refractivity contribution in [2.45, 2.75) is 25.3 Å². The molecule has 0 aromatic heterocycles. The third-order valence-corrected chi connectivity index (χ3v) is 3.45. The van der Waals surface area contributed by atoms with Crippen LogP contribution < -0.4 is 5.32 Å². The number of halogens is 2. The Morgan fingerprint density at radius 1 is 1.40 bits per heavy atom. The molecular formula is C13H14ClFN2O3. The monoisotopic (exact) mass is 300 g/mol. The molecule has 5 nitrogen and oxygen atoms in total. The number of carboxylic acids is 1. The van der Waals surface area contributed by atoms with E-state index in [1.54, 1.807) is 0 Å². The molecule has 0 bridgehead atoms. The van der Waals surface area contributed by atoms with Crippen molar-refractivity contribution >= 4 is 29.3 Å². The molecular weight excluding hydrogens is 287 g/mol.